The van der Waals surface area contributed by atoms with Gasteiger partial charge in [0.25, 0.3) is 5.91 Å². The summed E-state index contributed by atoms with van der Waals surface area (Å²) in [4.78, 5) is 18.0. The third-order valence-electron chi connectivity index (χ3n) is 6.29. The molecule has 0 radical (unpaired) electrons. The lowest BCUT2D eigenvalue weighted by Gasteiger charge is -2.27. The number of amides is 1. The zero-order valence-corrected chi connectivity index (χ0v) is 18.5. The molecule has 4 aliphatic heterocycles. The van der Waals surface area contributed by atoms with E-state index in [-0.39, 0.29) is 30.3 Å². The molecule has 4 heterocycles. The molecular weight excluding hydrogens is 422 g/mol. The fraction of sp³-hybridized carbons (Fsp3) is 0.480. The number of hydrogen-bond donors (Lipinski definition) is 1. The molecule has 33 heavy (non-hydrogen) atoms. The summed E-state index contributed by atoms with van der Waals surface area (Å²) in [5.41, 5.74) is 3.34. The lowest BCUT2D eigenvalue weighted by Crippen LogP contribution is -2.34. The van der Waals surface area contributed by atoms with Crippen molar-refractivity contribution in [2.45, 2.75) is 24.4 Å². The third-order valence-corrected chi connectivity index (χ3v) is 6.29. The number of carbonyl (C=O) groups excluding carboxylic acids is 1. The molecule has 2 aromatic carbocycles. The van der Waals surface area contributed by atoms with Gasteiger partial charge in [-0.05, 0) is 24.3 Å². The lowest BCUT2D eigenvalue weighted by atomic mass is 10.1. The van der Waals surface area contributed by atoms with Crippen molar-refractivity contribution in [1.29, 1.82) is 0 Å². The average Bonchev–Trinajstić information content (AvgIpc) is 3.64. The quantitative estimate of drug-likeness (QED) is 0.495. The number of nitrogens with one attached hydrogen (secondary N) is 1. The van der Waals surface area contributed by atoms with Crippen LogP contribution in [0.5, 0.6) is 0 Å². The molecule has 4 unspecified atom stereocenters. The molecule has 1 amide bonds. The van der Waals surface area contributed by atoms with Crippen LogP contribution in [0.1, 0.15) is 10.4 Å². The van der Waals surface area contributed by atoms with Gasteiger partial charge in [-0.2, -0.15) is 0 Å². The predicted molar refractivity (Wildman–Crippen MR) is 124 cm³/mol. The maximum Gasteiger partial charge on any atom is 0.257 e. The minimum absolute atomic E-state index is 0.123. The van der Waals surface area contributed by atoms with Crippen LogP contribution in [0, 0.1) is 0 Å². The smallest absolute Gasteiger partial charge is 0.257 e. The van der Waals surface area contributed by atoms with Gasteiger partial charge in [-0.1, -0.05) is 24.3 Å². The molecule has 1 N–H and O–H groups in total. The predicted octanol–water partition coefficient (Wildman–Crippen LogP) is 2.15. The van der Waals surface area contributed by atoms with Crippen molar-refractivity contribution in [2.75, 3.05) is 67.7 Å². The van der Waals surface area contributed by atoms with Crippen LogP contribution in [-0.4, -0.2) is 82.9 Å². The minimum atomic E-state index is -0.123. The zero-order valence-electron chi connectivity index (χ0n) is 18.5. The highest BCUT2D eigenvalue weighted by atomic mass is 16.6. The van der Waals surface area contributed by atoms with E-state index in [2.05, 4.69) is 15.1 Å². The summed E-state index contributed by atoms with van der Waals surface area (Å²) in [6, 6.07) is 15.7. The van der Waals surface area contributed by atoms with E-state index in [1.165, 1.54) is 0 Å². The Morgan fingerprint density at radius 3 is 1.64 bits per heavy atom. The summed E-state index contributed by atoms with van der Waals surface area (Å²) in [7, 11) is 0. The maximum absolute atomic E-state index is 13.5. The second-order valence-electron chi connectivity index (χ2n) is 9.12. The summed E-state index contributed by atoms with van der Waals surface area (Å²) in [5, 5.41) is 3.18. The van der Waals surface area contributed by atoms with Gasteiger partial charge < -0.3 is 34.1 Å². The summed E-state index contributed by atoms with van der Waals surface area (Å²) in [6.07, 6.45) is 0.944. The number of epoxide rings is 4. The molecule has 4 saturated heterocycles. The molecule has 174 valence electrons. The number of ether oxygens (including phenoxy) is 4. The highest BCUT2D eigenvalue weighted by Crippen LogP contribution is 2.31. The van der Waals surface area contributed by atoms with E-state index in [0.29, 0.717) is 5.56 Å². The fourth-order valence-corrected chi connectivity index (χ4v) is 4.21. The van der Waals surface area contributed by atoms with Gasteiger partial charge in [-0.3, -0.25) is 4.79 Å². The second kappa shape index (κ2) is 8.95. The fourth-order valence-electron chi connectivity index (χ4n) is 4.21. The second-order valence-corrected chi connectivity index (χ2v) is 9.12. The molecule has 8 heteroatoms. The molecule has 2 aromatic rings. The van der Waals surface area contributed by atoms with Gasteiger partial charge in [0.15, 0.2) is 0 Å². The number of rotatable bonds is 12. The first-order chi connectivity index (χ1) is 16.2. The maximum atomic E-state index is 13.5. The van der Waals surface area contributed by atoms with Gasteiger partial charge in [-0.25, -0.2) is 0 Å². The summed E-state index contributed by atoms with van der Waals surface area (Å²) < 4.78 is 21.9. The summed E-state index contributed by atoms with van der Waals surface area (Å²) in [6.45, 7) is 6.22. The van der Waals surface area contributed by atoms with Crippen LogP contribution in [-0.2, 0) is 18.9 Å². The van der Waals surface area contributed by atoms with E-state index in [0.717, 1.165) is 69.7 Å². The van der Waals surface area contributed by atoms with Crippen LogP contribution in [0.2, 0.25) is 0 Å². The van der Waals surface area contributed by atoms with Gasteiger partial charge >= 0.3 is 0 Å². The molecule has 0 spiro atoms. The Balaban J connectivity index is 1.23. The topological polar surface area (TPSA) is 85.7 Å². The molecule has 4 aliphatic rings. The van der Waals surface area contributed by atoms with E-state index >= 15 is 0 Å². The van der Waals surface area contributed by atoms with Crippen molar-refractivity contribution >= 4 is 23.0 Å². The van der Waals surface area contributed by atoms with Crippen LogP contribution >= 0.6 is 0 Å². The van der Waals surface area contributed by atoms with Crippen LogP contribution in [0.25, 0.3) is 0 Å². The highest BCUT2D eigenvalue weighted by molar-refractivity contribution is 6.09. The number of hydrogen-bond acceptors (Lipinski definition) is 7. The Hall–Kier alpha value is -2.65. The molecule has 8 nitrogen and oxygen atoms in total. The van der Waals surface area contributed by atoms with Crippen LogP contribution in [0.4, 0.5) is 17.1 Å². The Kier molecular flexibility index (Phi) is 5.67. The number of benzene rings is 2. The van der Waals surface area contributed by atoms with Gasteiger partial charge in [0.2, 0.25) is 0 Å². The Labute approximate surface area is 193 Å². The molecule has 0 bridgehead atoms. The van der Waals surface area contributed by atoms with Crippen LogP contribution < -0.4 is 15.1 Å². The van der Waals surface area contributed by atoms with E-state index < -0.39 is 0 Å². The van der Waals surface area contributed by atoms with Crippen molar-refractivity contribution in [3.05, 3.63) is 54.1 Å². The normalized spacial score (nSPS) is 26.4. The molecule has 4 atom stereocenters. The van der Waals surface area contributed by atoms with Crippen molar-refractivity contribution in [2.24, 2.45) is 0 Å². The van der Waals surface area contributed by atoms with Gasteiger partial charge in [0.05, 0.1) is 67.8 Å². The van der Waals surface area contributed by atoms with Gasteiger partial charge in [0.1, 0.15) is 0 Å². The van der Waals surface area contributed by atoms with E-state index in [1.54, 1.807) is 0 Å². The van der Waals surface area contributed by atoms with E-state index in [4.69, 9.17) is 18.9 Å². The van der Waals surface area contributed by atoms with Gasteiger partial charge in [0, 0.05) is 31.9 Å². The minimum Gasteiger partial charge on any atom is -0.371 e. The number of carbonyl (C=O) groups is 1. The summed E-state index contributed by atoms with van der Waals surface area (Å²) in [5.74, 6) is -0.123. The monoisotopic (exact) mass is 451 g/mol. The SMILES string of the molecule is O=C(Nc1ccccc1N(CC1CO1)CC1CO1)c1ccccc1N(CC1CO1)CC1CO1. The first kappa shape index (κ1) is 20.9. The standard InChI is InChI=1S/C25H29N3O5/c29-25(21-5-1-3-7-23(21)27(9-17-13-30-17)10-18-14-31-18)26-22-6-2-4-8-24(22)28(11-19-15-32-19)12-20-16-33-20/h1-8,17-20H,9-16H2,(H,26,29). The summed E-state index contributed by atoms with van der Waals surface area (Å²) >= 11 is 0. The van der Waals surface area contributed by atoms with Gasteiger partial charge in [-0.15, -0.1) is 0 Å². The first-order valence-corrected chi connectivity index (χ1v) is 11.7. The molecule has 0 aromatic heterocycles. The number of anilines is 3. The number of nitrogens with zero attached hydrogens (tertiary/aromatic N) is 2. The Bertz CT molecular complexity index is 973. The largest absolute Gasteiger partial charge is 0.371 e. The van der Waals surface area contributed by atoms with Crippen molar-refractivity contribution in [1.82, 2.24) is 0 Å². The van der Waals surface area contributed by atoms with E-state index in [1.807, 2.05) is 48.5 Å². The highest BCUT2D eigenvalue weighted by Gasteiger charge is 2.33. The lowest BCUT2D eigenvalue weighted by molar-refractivity contribution is 0.102. The van der Waals surface area contributed by atoms with Crippen molar-refractivity contribution in [3.63, 3.8) is 0 Å². The average molecular weight is 452 g/mol. The first-order valence-electron chi connectivity index (χ1n) is 11.7. The molecule has 0 saturated carbocycles. The van der Waals surface area contributed by atoms with Crippen molar-refractivity contribution < 1.29 is 23.7 Å². The zero-order chi connectivity index (χ0) is 22.2. The Morgan fingerprint density at radius 1 is 0.697 bits per heavy atom. The Morgan fingerprint density at radius 2 is 1.12 bits per heavy atom. The van der Waals surface area contributed by atoms with Crippen LogP contribution in [0.15, 0.2) is 48.5 Å². The van der Waals surface area contributed by atoms with E-state index in [9.17, 15) is 4.79 Å². The molecule has 6 rings (SSSR count). The molecule has 0 aliphatic carbocycles. The number of para-hydroxylation sites is 3. The third kappa shape index (κ3) is 5.47. The molecule has 4 fully saturated rings. The van der Waals surface area contributed by atoms with Crippen LogP contribution in [0.3, 0.4) is 0 Å². The molecular formula is C25H29N3O5. The van der Waals surface area contributed by atoms with Crippen molar-refractivity contribution in [3.8, 4) is 0 Å².